The maximum Gasteiger partial charge on any atom is 0.228 e. The maximum atomic E-state index is 12.0. The van der Waals surface area contributed by atoms with Gasteiger partial charge in [0, 0.05) is 17.3 Å². The van der Waals surface area contributed by atoms with E-state index < -0.39 is 0 Å². The van der Waals surface area contributed by atoms with Crippen LogP contribution in [0.15, 0.2) is 16.8 Å². The van der Waals surface area contributed by atoms with Crippen LogP contribution in [0.2, 0.25) is 0 Å². The largest absolute Gasteiger partial charge is 0.375 e. The van der Waals surface area contributed by atoms with E-state index in [1.54, 1.807) is 16.2 Å². The van der Waals surface area contributed by atoms with Gasteiger partial charge in [-0.2, -0.15) is 0 Å². The molecular formula is C12H15N3OS2. The smallest absolute Gasteiger partial charge is 0.228 e. The number of nitrogens with zero attached hydrogens (tertiary/aromatic N) is 2. The zero-order valence-electron chi connectivity index (χ0n) is 10.3. The molecule has 0 aliphatic heterocycles. The van der Waals surface area contributed by atoms with Crippen LogP contribution in [0.1, 0.15) is 16.1 Å². The molecule has 0 bridgehead atoms. The first-order chi connectivity index (χ1) is 8.56. The van der Waals surface area contributed by atoms with Crippen molar-refractivity contribution in [1.29, 1.82) is 0 Å². The van der Waals surface area contributed by atoms with Gasteiger partial charge in [-0.25, -0.2) is 4.98 Å². The van der Waals surface area contributed by atoms with E-state index in [9.17, 15) is 4.79 Å². The number of aromatic nitrogens is 1. The number of thiophene rings is 1. The van der Waals surface area contributed by atoms with E-state index >= 15 is 0 Å². The van der Waals surface area contributed by atoms with Crippen molar-refractivity contribution < 1.29 is 4.79 Å². The van der Waals surface area contributed by atoms with Gasteiger partial charge in [-0.05, 0) is 23.9 Å². The molecule has 2 aromatic heterocycles. The molecule has 2 aromatic rings. The van der Waals surface area contributed by atoms with Crippen LogP contribution in [0.5, 0.6) is 0 Å². The summed E-state index contributed by atoms with van der Waals surface area (Å²) < 4.78 is 0. The molecule has 0 unspecified atom stereocenters. The molecule has 0 aliphatic rings. The lowest BCUT2D eigenvalue weighted by atomic mass is 10.2. The Labute approximate surface area is 114 Å². The molecule has 0 fully saturated rings. The molecule has 2 heterocycles. The highest BCUT2D eigenvalue weighted by molar-refractivity contribution is 7.13. The van der Waals surface area contributed by atoms with Gasteiger partial charge in [-0.1, -0.05) is 0 Å². The fraction of sp³-hybridized carbons (Fsp3) is 0.333. The first kappa shape index (κ1) is 13.0. The van der Waals surface area contributed by atoms with Crippen LogP contribution in [0.3, 0.4) is 0 Å². The number of amides is 1. The Balaban J connectivity index is 1.95. The lowest BCUT2D eigenvalue weighted by molar-refractivity contribution is -0.129. The van der Waals surface area contributed by atoms with Crippen LogP contribution in [0.25, 0.3) is 0 Å². The number of aryl methyl sites for hydroxylation is 1. The molecule has 18 heavy (non-hydrogen) atoms. The van der Waals surface area contributed by atoms with Crippen molar-refractivity contribution in [3.63, 3.8) is 0 Å². The fourth-order valence-corrected chi connectivity index (χ4v) is 3.08. The minimum Gasteiger partial charge on any atom is -0.375 e. The summed E-state index contributed by atoms with van der Waals surface area (Å²) in [6.45, 7) is 2.72. The molecular weight excluding hydrogens is 266 g/mol. The third-order valence-electron chi connectivity index (χ3n) is 2.68. The van der Waals surface area contributed by atoms with E-state index in [-0.39, 0.29) is 5.91 Å². The summed E-state index contributed by atoms with van der Waals surface area (Å²) in [6, 6.07) is 2.07. The first-order valence-corrected chi connectivity index (χ1v) is 7.29. The Hall–Kier alpha value is -1.40. The Bertz CT molecular complexity index is 547. The second kappa shape index (κ2) is 5.49. The van der Waals surface area contributed by atoms with Crippen molar-refractivity contribution in [2.75, 3.05) is 12.8 Å². The van der Waals surface area contributed by atoms with Crippen LogP contribution in [0, 0.1) is 6.92 Å². The van der Waals surface area contributed by atoms with Crippen molar-refractivity contribution in [3.8, 4) is 0 Å². The number of nitrogen functional groups attached to an aromatic ring is 1. The van der Waals surface area contributed by atoms with Crippen molar-refractivity contribution in [3.05, 3.63) is 33.0 Å². The summed E-state index contributed by atoms with van der Waals surface area (Å²) in [7, 11) is 1.82. The SMILES string of the molecule is Cc1ccsc1CN(C)C(=O)Cc1csc(N)n1. The third-order valence-corrected chi connectivity index (χ3v) is 4.41. The standard InChI is InChI=1S/C12H15N3OS2/c1-8-3-4-17-10(8)6-15(2)11(16)5-9-7-18-12(13)14-9/h3-4,7H,5-6H2,1-2H3,(H2,13,14). The minimum absolute atomic E-state index is 0.0631. The third kappa shape index (κ3) is 3.08. The molecule has 0 saturated heterocycles. The van der Waals surface area contributed by atoms with Gasteiger partial charge in [0.25, 0.3) is 0 Å². The monoisotopic (exact) mass is 281 g/mol. The summed E-state index contributed by atoms with van der Waals surface area (Å²) in [5, 5.41) is 4.39. The average molecular weight is 281 g/mol. The number of rotatable bonds is 4. The quantitative estimate of drug-likeness (QED) is 0.935. The van der Waals surface area contributed by atoms with Gasteiger partial charge in [0.1, 0.15) is 0 Å². The molecule has 96 valence electrons. The normalized spacial score (nSPS) is 10.6. The number of hydrogen-bond donors (Lipinski definition) is 1. The predicted octanol–water partition coefficient (Wildman–Crippen LogP) is 2.30. The van der Waals surface area contributed by atoms with Gasteiger partial charge in [-0.15, -0.1) is 22.7 Å². The second-order valence-electron chi connectivity index (χ2n) is 4.13. The molecule has 4 nitrogen and oxygen atoms in total. The number of nitrogens with two attached hydrogens (primary N) is 1. The van der Waals surface area contributed by atoms with Crippen LogP contribution in [0.4, 0.5) is 5.13 Å². The van der Waals surface area contributed by atoms with Gasteiger partial charge >= 0.3 is 0 Å². The number of carbonyl (C=O) groups is 1. The molecule has 2 N–H and O–H groups in total. The van der Waals surface area contributed by atoms with Crippen LogP contribution in [-0.4, -0.2) is 22.8 Å². The first-order valence-electron chi connectivity index (χ1n) is 5.53. The van der Waals surface area contributed by atoms with Crippen LogP contribution < -0.4 is 5.73 Å². The molecule has 0 saturated carbocycles. The molecule has 1 amide bonds. The lowest BCUT2D eigenvalue weighted by Crippen LogP contribution is -2.27. The van der Waals surface area contributed by atoms with E-state index in [1.165, 1.54) is 21.8 Å². The predicted molar refractivity (Wildman–Crippen MR) is 75.8 cm³/mol. The highest BCUT2D eigenvalue weighted by Crippen LogP contribution is 2.18. The number of anilines is 1. The summed E-state index contributed by atoms with van der Waals surface area (Å²) in [4.78, 5) is 19.1. The summed E-state index contributed by atoms with van der Waals surface area (Å²) in [5.41, 5.74) is 7.53. The van der Waals surface area contributed by atoms with E-state index in [0.29, 0.717) is 18.1 Å². The van der Waals surface area contributed by atoms with Crippen molar-refractivity contribution in [2.24, 2.45) is 0 Å². The number of carbonyl (C=O) groups excluding carboxylic acids is 1. The van der Waals surface area contributed by atoms with E-state index in [0.717, 1.165) is 5.69 Å². The maximum absolute atomic E-state index is 12.0. The molecule has 0 radical (unpaired) electrons. The van der Waals surface area contributed by atoms with Crippen molar-refractivity contribution in [2.45, 2.75) is 19.9 Å². The van der Waals surface area contributed by atoms with Crippen molar-refractivity contribution in [1.82, 2.24) is 9.88 Å². The zero-order chi connectivity index (χ0) is 13.1. The molecule has 0 aliphatic carbocycles. The second-order valence-corrected chi connectivity index (χ2v) is 6.02. The molecule has 0 aromatic carbocycles. The fourth-order valence-electron chi connectivity index (χ4n) is 1.56. The van der Waals surface area contributed by atoms with Gasteiger partial charge < -0.3 is 10.6 Å². The molecule has 0 spiro atoms. The number of likely N-dealkylation sites (N-methyl/N-ethyl adjacent to an activating group) is 1. The summed E-state index contributed by atoms with van der Waals surface area (Å²) in [5.74, 6) is 0.0631. The Morgan fingerprint density at radius 1 is 1.50 bits per heavy atom. The van der Waals surface area contributed by atoms with E-state index in [2.05, 4.69) is 18.0 Å². The molecule has 6 heteroatoms. The van der Waals surface area contributed by atoms with Gasteiger partial charge in [-0.3, -0.25) is 4.79 Å². The van der Waals surface area contributed by atoms with Gasteiger partial charge in [0.15, 0.2) is 5.13 Å². The van der Waals surface area contributed by atoms with Gasteiger partial charge in [0.05, 0.1) is 18.7 Å². The van der Waals surface area contributed by atoms with E-state index in [1.807, 2.05) is 17.8 Å². The highest BCUT2D eigenvalue weighted by atomic mass is 32.1. The van der Waals surface area contributed by atoms with Crippen LogP contribution >= 0.6 is 22.7 Å². The minimum atomic E-state index is 0.0631. The molecule has 2 rings (SSSR count). The summed E-state index contributed by atoms with van der Waals surface area (Å²) >= 11 is 3.04. The molecule has 0 atom stereocenters. The van der Waals surface area contributed by atoms with Crippen LogP contribution in [-0.2, 0) is 17.8 Å². The van der Waals surface area contributed by atoms with E-state index in [4.69, 9.17) is 5.73 Å². The van der Waals surface area contributed by atoms with Gasteiger partial charge in [0.2, 0.25) is 5.91 Å². The number of hydrogen-bond acceptors (Lipinski definition) is 5. The summed E-state index contributed by atoms with van der Waals surface area (Å²) in [6.07, 6.45) is 0.314. The zero-order valence-corrected chi connectivity index (χ0v) is 12.0. The average Bonchev–Trinajstić information content (AvgIpc) is 2.89. The topological polar surface area (TPSA) is 59.2 Å². The Morgan fingerprint density at radius 2 is 2.28 bits per heavy atom. The lowest BCUT2D eigenvalue weighted by Gasteiger charge is -2.16. The highest BCUT2D eigenvalue weighted by Gasteiger charge is 2.13. The Kier molecular flexibility index (Phi) is 3.98. The van der Waals surface area contributed by atoms with Crippen molar-refractivity contribution >= 4 is 33.7 Å². The Morgan fingerprint density at radius 3 is 2.83 bits per heavy atom. The number of thiazole rings is 1.